The zero-order valence-corrected chi connectivity index (χ0v) is 8.57. The number of hydrogen-bond donors (Lipinski definition) is 1. The van der Waals surface area contributed by atoms with Crippen LogP contribution >= 0.6 is 11.3 Å². The van der Waals surface area contributed by atoms with Crippen molar-refractivity contribution >= 4 is 17.3 Å². The van der Waals surface area contributed by atoms with Crippen molar-refractivity contribution in [2.24, 2.45) is 0 Å². The van der Waals surface area contributed by atoms with Crippen LogP contribution in [0.25, 0.3) is 0 Å². The molecule has 5 heteroatoms. The molecule has 2 heterocycles. The number of carboxylic acid groups (broad SMARTS) is 1. The zero-order chi connectivity index (χ0) is 10.7. The van der Waals surface area contributed by atoms with Gasteiger partial charge in [-0.3, -0.25) is 0 Å². The molecule has 0 amide bonds. The van der Waals surface area contributed by atoms with Crippen LogP contribution in [0.2, 0.25) is 0 Å². The molecular weight excluding hydrogens is 212 g/mol. The van der Waals surface area contributed by atoms with E-state index in [1.807, 2.05) is 16.8 Å². The van der Waals surface area contributed by atoms with Crippen molar-refractivity contribution < 1.29 is 9.90 Å². The molecule has 0 aliphatic carbocycles. The number of hydrogen-bond acceptors (Lipinski definition) is 4. The van der Waals surface area contributed by atoms with E-state index < -0.39 is 5.97 Å². The van der Waals surface area contributed by atoms with Crippen LogP contribution in [0.1, 0.15) is 21.7 Å². The molecule has 0 bridgehead atoms. The topological polar surface area (TPSA) is 63.1 Å². The van der Waals surface area contributed by atoms with Gasteiger partial charge in [0.05, 0.1) is 0 Å². The minimum Gasteiger partial charge on any atom is -0.477 e. The van der Waals surface area contributed by atoms with Gasteiger partial charge in [-0.25, -0.2) is 14.8 Å². The molecule has 0 aliphatic heterocycles. The first kappa shape index (κ1) is 9.79. The summed E-state index contributed by atoms with van der Waals surface area (Å²) >= 11 is 1.61. The van der Waals surface area contributed by atoms with Crippen LogP contribution in [0.15, 0.2) is 29.2 Å². The Balaban J connectivity index is 2.22. The van der Waals surface area contributed by atoms with Crippen LogP contribution in [0, 0.1) is 0 Å². The van der Waals surface area contributed by atoms with Gasteiger partial charge in [-0.2, -0.15) is 11.3 Å². The van der Waals surface area contributed by atoms with Crippen LogP contribution in [-0.2, 0) is 6.42 Å². The van der Waals surface area contributed by atoms with Crippen LogP contribution in [0.3, 0.4) is 0 Å². The van der Waals surface area contributed by atoms with E-state index in [0.717, 1.165) is 11.3 Å². The molecule has 0 aliphatic rings. The molecular formula is C10H8N2O2S. The third-order valence-corrected chi connectivity index (χ3v) is 2.64. The quantitative estimate of drug-likeness (QED) is 0.857. The molecule has 2 aromatic rings. The lowest BCUT2D eigenvalue weighted by molar-refractivity contribution is 0.0690. The smallest absolute Gasteiger partial charge is 0.354 e. The summed E-state index contributed by atoms with van der Waals surface area (Å²) in [6, 6.07) is 3.49. The zero-order valence-electron chi connectivity index (χ0n) is 7.75. The van der Waals surface area contributed by atoms with Gasteiger partial charge >= 0.3 is 5.97 Å². The number of aromatic nitrogens is 2. The lowest BCUT2D eigenvalue weighted by Crippen LogP contribution is -2.03. The molecule has 2 rings (SSSR count). The monoisotopic (exact) mass is 220 g/mol. The number of nitrogens with zero attached hydrogens (tertiary/aromatic N) is 2. The Bertz CT molecular complexity index is 468. The highest BCUT2D eigenvalue weighted by Crippen LogP contribution is 2.11. The van der Waals surface area contributed by atoms with Crippen LogP contribution in [0.5, 0.6) is 0 Å². The second kappa shape index (κ2) is 4.18. The predicted molar refractivity (Wildman–Crippen MR) is 56.1 cm³/mol. The molecule has 4 nitrogen and oxygen atoms in total. The van der Waals surface area contributed by atoms with Gasteiger partial charge in [0.25, 0.3) is 0 Å². The first-order valence-electron chi connectivity index (χ1n) is 4.31. The number of carboxylic acids is 1. The number of thiophene rings is 1. The molecule has 1 N–H and O–H groups in total. The first-order chi connectivity index (χ1) is 7.25. The molecule has 0 saturated carbocycles. The molecule has 0 fully saturated rings. The van der Waals surface area contributed by atoms with Crippen molar-refractivity contribution in [3.8, 4) is 0 Å². The van der Waals surface area contributed by atoms with Crippen molar-refractivity contribution in [1.29, 1.82) is 0 Å². The minimum absolute atomic E-state index is 0.0372. The molecule has 0 spiro atoms. The van der Waals surface area contributed by atoms with Gasteiger partial charge in [-0.05, 0) is 28.5 Å². The second-order valence-electron chi connectivity index (χ2n) is 3.01. The van der Waals surface area contributed by atoms with E-state index in [0.29, 0.717) is 6.42 Å². The molecule has 0 radical (unpaired) electrons. The molecule has 15 heavy (non-hydrogen) atoms. The average Bonchev–Trinajstić information content (AvgIpc) is 2.71. The third-order valence-electron chi connectivity index (χ3n) is 1.91. The number of carbonyl (C=O) groups is 1. The van der Waals surface area contributed by atoms with Gasteiger partial charge in [0, 0.05) is 12.1 Å². The molecule has 0 unspecified atom stereocenters. The third kappa shape index (κ3) is 2.38. The Kier molecular flexibility index (Phi) is 2.73. The largest absolute Gasteiger partial charge is 0.477 e. The maximum Gasteiger partial charge on any atom is 0.354 e. The Morgan fingerprint density at radius 2 is 2.33 bits per heavy atom. The van der Waals surface area contributed by atoms with Crippen molar-refractivity contribution in [3.63, 3.8) is 0 Å². The van der Waals surface area contributed by atoms with E-state index in [1.54, 1.807) is 11.3 Å². The fourth-order valence-electron chi connectivity index (χ4n) is 1.21. The number of rotatable bonds is 3. The summed E-state index contributed by atoms with van der Waals surface area (Å²) in [5.41, 5.74) is 1.89. The number of aromatic carboxylic acids is 1. The van der Waals surface area contributed by atoms with E-state index in [4.69, 9.17) is 5.11 Å². The van der Waals surface area contributed by atoms with Gasteiger partial charge in [0.1, 0.15) is 6.33 Å². The van der Waals surface area contributed by atoms with E-state index in [2.05, 4.69) is 9.97 Å². The Hall–Kier alpha value is -1.75. The van der Waals surface area contributed by atoms with Crippen molar-refractivity contribution in [2.75, 3.05) is 0 Å². The Morgan fingerprint density at radius 3 is 3.00 bits per heavy atom. The molecule has 0 saturated heterocycles. The standard InChI is InChI=1S/C10H8N2O2S/c13-10(14)9-4-8(11-6-12-9)3-7-1-2-15-5-7/h1-2,4-6H,3H2,(H,13,14). The first-order valence-corrected chi connectivity index (χ1v) is 5.25. The summed E-state index contributed by atoms with van der Waals surface area (Å²) < 4.78 is 0. The summed E-state index contributed by atoms with van der Waals surface area (Å²) in [6.07, 6.45) is 1.93. The molecule has 76 valence electrons. The van der Waals surface area contributed by atoms with Crippen LogP contribution in [0.4, 0.5) is 0 Å². The van der Waals surface area contributed by atoms with Gasteiger partial charge < -0.3 is 5.11 Å². The summed E-state index contributed by atoms with van der Waals surface area (Å²) in [5, 5.41) is 12.7. The SMILES string of the molecule is O=C(O)c1cc(Cc2ccsc2)ncn1. The van der Waals surface area contributed by atoms with E-state index >= 15 is 0 Å². The highest BCUT2D eigenvalue weighted by atomic mass is 32.1. The second-order valence-corrected chi connectivity index (χ2v) is 3.79. The molecule has 0 atom stereocenters. The normalized spacial score (nSPS) is 10.1. The maximum absolute atomic E-state index is 10.7. The van der Waals surface area contributed by atoms with Crippen LogP contribution in [-0.4, -0.2) is 21.0 Å². The van der Waals surface area contributed by atoms with E-state index in [1.165, 1.54) is 12.4 Å². The van der Waals surface area contributed by atoms with Gasteiger partial charge in [0.2, 0.25) is 0 Å². The summed E-state index contributed by atoms with van der Waals surface area (Å²) in [7, 11) is 0. The Morgan fingerprint density at radius 1 is 1.47 bits per heavy atom. The Labute approximate surface area is 90.3 Å². The van der Waals surface area contributed by atoms with E-state index in [-0.39, 0.29) is 5.69 Å². The maximum atomic E-state index is 10.7. The van der Waals surface area contributed by atoms with E-state index in [9.17, 15) is 4.79 Å². The van der Waals surface area contributed by atoms with Gasteiger partial charge in [-0.15, -0.1) is 0 Å². The lowest BCUT2D eigenvalue weighted by atomic mass is 10.2. The van der Waals surface area contributed by atoms with Crippen molar-refractivity contribution in [1.82, 2.24) is 9.97 Å². The minimum atomic E-state index is -1.02. The highest BCUT2D eigenvalue weighted by Gasteiger charge is 2.06. The van der Waals surface area contributed by atoms with Crippen molar-refractivity contribution in [3.05, 3.63) is 46.2 Å². The average molecular weight is 220 g/mol. The van der Waals surface area contributed by atoms with Gasteiger partial charge in [0.15, 0.2) is 5.69 Å². The fourth-order valence-corrected chi connectivity index (χ4v) is 1.88. The highest BCUT2D eigenvalue weighted by molar-refractivity contribution is 7.07. The van der Waals surface area contributed by atoms with Crippen molar-refractivity contribution in [2.45, 2.75) is 6.42 Å². The predicted octanol–water partition coefficient (Wildman–Crippen LogP) is 1.83. The summed E-state index contributed by atoms with van der Waals surface area (Å²) in [4.78, 5) is 18.4. The summed E-state index contributed by atoms with van der Waals surface area (Å²) in [5.74, 6) is -1.02. The lowest BCUT2D eigenvalue weighted by Gasteiger charge is -1.98. The summed E-state index contributed by atoms with van der Waals surface area (Å²) in [6.45, 7) is 0. The van der Waals surface area contributed by atoms with Gasteiger partial charge in [-0.1, -0.05) is 0 Å². The molecule has 2 aromatic heterocycles. The fraction of sp³-hybridized carbons (Fsp3) is 0.100. The van der Waals surface area contributed by atoms with Crippen LogP contribution < -0.4 is 0 Å². The molecule has 0 aromatic carbocycles.